The van der Waals surface area contributed by atoms with E-state index in [0.29, 0.717) is 35.1 Å². The number of hydrogen-bond donors (Lipinski definition) is 2. The van der Waals surface area contributed by atoms with Gasteiger partial charge in [-0.2, -0.15) is 0 Å². The quantitative estimate of drug-likeness (QED) is 0.850. The first kappa shape index (κ1) is 17.6. The number of sulfonamides is 1. The molecule has 0 radical (unpaired) electrons. The Morgan fingerprint density at radius 2 is 1.84 bits per heavy atom. The molecule has 132 valence electrons. The highest BCUT2D eigenvalue weighted by Gasteiger charge is 2.29. The lowest BCUT2D eigenvalue weighted by atomic mass is 10.1. The maximum absolute atomic E-state index is 12.1. The van der Waals surface area contributed by atoms with E-state index in [1.165, 1.54) is 4.31 Å². The molecule has 1 fully saturated rings. The fraction of sp³-hybridized carbons (Fsp3) is 0.235. The van der Waals surface area contributed by atoms with Gasteiger partial charge in [-0.05, 0) is 49.2 Å². The lowest BCUT2D eigenvalue weighted by molar-refractivity contribution is 0.262. The van der Waals surface area contributed by atoms with Gasteiger partial charge >= 0.3 is 6.03 Å². The van der Waals surface area contributed by atoms with Gasteiger partial charge < -0.3 is 10.6 Å². The Kier molecular flexibility index (Phi) is 4.87. The number of urea groups is 1. The second-order valence-corrected chi connectivity index (χ2v) is 8.28. The van der Waals surface area contributed by atoms with E-state index in [0.717, 1.165) is 5.56 Å². The average molecular weight is 380 g/mol. The second kappa shape index (κ2) is 6.93. The molecule has 0 unspecified atom stereocenters. The van der Waals surface area contributed by atoms with E-state index in [9.17, 15) is 13.2 Å². The fourth-order valence-electron chi connectivity index (χ4n) is 2.73. The minimum atomic E-state index is -3.27. The molecule has 25 heavy (non-hydrogen) atoms. The Morgan fingerprint density at radius 3 is 2.48 bits per heavy atom. The van der Waals surface area contributed by atoms with Gasteiger partial charge in [0.05, 0.1) is 11.4 Å². The van der Waals surface area contributed by atoms with Gasteiger partial charge in [-0.25, -0.2) is 13.2 Å². The summed E-state index contributed by atoms with van der Waals surface area (Å²) in [7, 11) is -3.27. The predicted octanol–water partition coefficient (Wildman–Crippen LogP) is 3.83. The number of benzene rings is 2. The van der Waals surface area contributed by atoms with Gasteiger partial charge in [-0.1, -0.05) is 23.7 Å². The summed E-state index contributed by atoms with van der Waals surface area (Å²) in [6.45, 7) is 2.31. The summed E-state index contributed by atoms with van der Waals surface area (Å²) in [4.78, 5) is 12.1. The molecule has 3 rings (SSSR count). The Hall–Kier alpha value is -2.25. The van der Waals surface area contributed by atoms with Gasteiger partial charge in [0.25, 0.3) is 0 Å². The van der Waals surface area contributed by atoms with E-state index in [1.54, 1.807) is 42.5 Å². The van der Waals surface area contributed by atoms with E-state index in [-0.39, 0.29) is 5.75 Å². The zero-order valence-electron chi connectivity index (χ0n) is 13.6. The minimum absolute atomic E-state index is 0.152. The van der Waals surface area contributed by atoms with Crippen molar-refractivity contribution in [3.05, 3.63) is 53.1 Å². The zero-order valence-corrected chi connectivity index (χ0v) is 15.2. The molecule has 8 heteroatoms. The molecule has 1 aliphatic heterocycles. The lowest BCUT2D eigenvalue weighted by Gasteiger charge is -2.20. The van der Waals surface area contributed by atoms with Gasteiger partial charge in [0.1, 0.15) is 0 Å². The molecular formula is C17H18ClN3O3S. The molecule has 6 nitrogen and oxygen atoms in total. The highest BCUT2D eigenvalue weighted by Crippen LogP contribution is 2.30. The van der Waals surface area contributed by atoms with Crippen molar-refractivity contribution in [2.75, 3.05) is 27.2 Å². The number of hydrogen-bond acceptors (Lipinski definition) is 3. The molecule has 1 aliphatic rings. The van der Waals surface area contributed by atoms with Crippen molar-refractivity contribution in [2.45, 2.75) is 13.3 Å². The monoisotopic (exact) mass is 379 g/mol. The summed E-state index contributed by atoms with van der Waals surface area (Å²) in [5.74, 6) is 0.152. The van der Waals surface area contributed by atoms with Crippen LogP contribution in [0.4, 0.5) is 21.9 Å². The van der Waals surface area contributed by atoms with Gasteiger partial charge in [0.2, 0.25) is 10.0 Å². The average Bonchev–Trinajstić information content (AvgIpc) is 2.88. The Labute approximate surface area is 151 Å². The number of nitrogens with one attached hydrogen (secondary N) is 2. The fourth-order valence-corrected chi connectivity index (χ4v) is 4.53. The molecule has 0 atom stereocenters. The van der Waals surface area contributed by atoms with Crippen molar-refractivity contribution in [3.8, 4) is 0 Å². The van der Waals surface area contributed by atoms with E-state index in [4.69, 9.17) is 11.6 Å². The van der Waals surface area contributed by atoms with Crippen LogP contribution in [0, 0.1) is 6.92 Å². The normalized spacial score (nSPS) is 15.8. The van der Waals surface area contributed by atoms with Crippen LogP contribution in [0.3, 0.4) is 0 Å². The van der Waals surface area contributed by atoms with E-state index in [2.05, 4.69) is 10.6 Å². The first-order valence-electron chi connectivity index (χ1n) is 7.80. The van der Waals surface area contributed by atoms with Crippen LogP contribution >= 0.6 is 11.6 Å². The van der Waals surface area contributed by atoms with Gasteiger partial charge in [-0.3, -0.25) is 4.31 Å². The summed E-state index contributed by atoms with van der Waals surface area (Å²) < 4.78 is 25.7. The number of halogens is 1. The molecule has 2 amide bonds. The van der Waals surface area contributed by atoms with E-state index in [1.807, 2.05) is 6.92 Å². The molecule has 1 heterocycles. The van der Waals surface area contributed by atoms with Gasteiger partial charge in [0, 0.05) is 22.9 Å². The third kappa shape index (κ3) is 4.05. The molecule has 0 bridgehead atoms. The van der Waals surface area contributed by atoms with E-state index < -0.39 is 16.1 Å². The van der Waals surface area contributed by atoms with Crippen LogP contribution in [0.1, 0.15) is 12.0 Å². The zero-order chi connectivity index (χ0) is 18.0. The number of rotatable bonds is 3. The maximum Gasteiger partial charge on any atom is 0.323 e. The SMILES string of the molecule is Cc1ccc(NC(=O)Nc2cccc(Cl)c2)cc1N1CCCS1(=O)=O. The molecule has 2 aromatic rings. The van der Waals surface area contributed by atoms with Crippen molar-refractivity contribution >= 4 is 44.7 Å². The number of anilines is 3. The number of carbonyl (C=O) groups excluding carboxylic acids is 1. The first-order valence-corrected chi connectivity index (χ1v) is 9.78. The summed E-state index contributed by atoms with van der Waals surface area (Å²) in [6, 6.07) is 11.6. The Morgan fingerprint density at radius 1 is 1.12 bits per heavy atom. The van der Waals surface area contributed by atoms with Crippen molar-refractivity contribution in [2.24, 2.45) is 0 Å². The second-order valence-electron chi connectivity index (χ2n) is 5.83. The lowest BCUT2D eigenvalue weighted by Crippen LogP contribution is -2.26. The summed E-state index contributed by atoms with van der Waals surface area (Å²) in [6.07, 6.45) is 0.606. The number of nitrogens with zero attached hydrogens (tertiary/aromatic N) is 1. The van der Waals surface area contributed by atoms with Crippen molar-refractivity contribution in [1.29, 1.82) is 0 Å². The minimum Gasteiger partial charge on any atom is -0.308 e. The molecular weight excluding hydrogens is 362 g/mol. The Balaban J connectivity index is 1.77. The van der Waals surface area contributed by atoms with Crippen LogP contribution in [-0.2, 0) is 10.0 Å². The highest BCUT2D eigenvalue weighted by molar-refractivity contribution is 7.93. The van der Waals surface area contributed by atoms with Crippen LogP contribution in [0.25, 0.3) is 0 Å². The first-order chi connectivity index (χ1) is 11.8. The molecule has 1 saturated heterocycles. The number of amides is 2. The van der Waals surface area contributed by atoms with Crippen LogP contribution < -0.4 is 14.9 Å². The number of aryl methyl sites for hydroxylation is 1. The van der Waals surface area contributed by atoms with Crippen LogP contribution in [0.2, 0.25) is 5.02 Å². The topological polar surface area (TPSA) is 78.5 Å². The standard InChI is InChI=1S/C17H18ClN3O3S/c1-12-6-7-15(11-16(12)21-8-3-9-25(21,23)24)20-17(22)19-14-5-2-4-13(18)10-14/h2,4-7,10-11H,3,8-9H2,1H3,(H2,19,20,22). The Bertz CT molecular complexity index is 915. The van der Waals surface area contributed by atoms with Crippen molar-refractivity contribution < 1.29 is 13.2 Å². The van der Waals surface area contributed by atoms with Crippen LogP contribution in [0.15, 0.2) is 42.5 Å². The molecule has 2 aromatic carbocycles. The smallest absolute Gasteiger partial charge is 0.308 e. The third-order valence-electron chi connectivity index (χ3n) is 3.92. The highest BCUT2D eigenvalue weighted by atomic mass is 35.5. The predicted molar refractivity (Wildman–Crippen MR) is 101 cm³/mol. The molecule has 2 N–H and O–H groups in total. The third-order valence-corrected chi connectivity index (χ3v) is 6.01. The van der Waals surface area contributed by atoms with Gasteiger partial charge in [0.15, 0.2) is 0 Å². The molecule has 0 spiro atoms. The molecule has 0 aliphatic carbocycles. The van der Waals surface area contributed by atoms with Gasteiger partial charge in [-0.15, -0.1) is 0 Å². The largest absolute Gasteiger partial charge is 0.323 e. The van der Waals surface area contributed by atoms with Crippen LogP contribution in [0.5, 0.6) is 0 Å². The number of carbonyl (C=O) groups is 1. The summed E-state index contributed by atoms with van der Waals surface area (Å²) in [5, 5.41) is 5.92. The summed E-state index contributed by atoms with van der Waals surface area (Å²) >= 11 is 5.89. The summed E-state index contributed by atoms with van der Waals surface area (Å²) in [5.41, 5.74) is 2.52. The van der Waals surface area contributed by atoms with Crippen LogP contribution in [-0.4, -0.2) is 26.7 Å². The van der Waals surface area contributed by atoms with E-state index >= 15 is 0 Å². The maximum atomic E-state index is 12.1. The van der Waals surface area contributed by atoms with Crippen molar-refractivity contribution in [1.82, 2.24) is 0 Å². The molecule has 0 saturated carbocycles. The van der Waals surface area contributed by atoms with Crippen molar-refractivity contribution in [3.63, 3.8) is 0 Å². The molecule has 0 aromatic heterocycles.